The molecular formula is C31H25N3O7. The number of hydrazone groups is 1. The van der Waals surface area contributed by atoms with Gasteiger partial charge in [0.2, 0.25) is 0 Å². The summed E-state index contributed by atoms with van der Waals surface area (Å²) in [5.74, 6) is -2.47. The standard InChI is InChI=1S/C31H25N3O7/c1-2-39-25-17-14-24(15-18-25)33-28(35)29(36)34-32-20-23-13-16-26(40-30(37)21-9-5-3-6-10-21)19-27(23)41-31(38)22-11-7-4-8-12-22/h3-20H,2H2,1H3,(H,33,35)(H,34,36). The van der Waals surface area contributed by atoms with Crippen molar-refractivity contribution in [2.75, 3.05) is 11.9 Å². The topological polar surface area (TPSA) is 132 Å². The molecule has 41 heavy (non-hydrogen) atoms. The van der Waals surface area contributed by atoms with Crippen molar-refractivity contribution in [3.63, 3.8) is 0 Å². The van der Waals surface area contributed by atoms with Crippen LogP contribution < -0.4 is 25.0 Å². The van der Waals surface area contributed by atoms with E-state index in [-0.39, 0.29) is 17.1 Å². The highest BCUT2D eigenvalue weighted by Crippen LogP contribution is 2.26. The number of benzene rings is 4. The molecule has 10 heteroatoms. The molecular weight excluding hydrogens is 526 g/mol. The molecule has 0 saturated heterocycles. The number of carbonyl (C=O) groups excluding carboxylic acids is 4. The Morgan fingerprint density at radius 2 is 1.29 bits per heavy atom. The van der Waals surface area contributed by atoms with E-state index in [0.29, 0.717) is 29.2 Å². The lowest BCUT2D eigenvalue weighted by atomic mass is 10.2. The van der Waals surface area contributed by atoms with Crippen LogP contribution in [-0.4, -0.2) is 36.6 Å². The van der Waals surface area contributed by atoms with Gasteiger partial charge in [0.05, 0.1) is 23.9 Å². The van der Waals surface area contributed by atoms with Crippen LogP contribution in [0.5, 0.6) is 17.2 Å². The summed E-state index contributed by atoms with van der Waals surface area (Å²) in [7, 11) is 0. The Labute approximate surface area is 235 Å². The molecule has 0 radical (unpaired) electrons. The number of hydrogen-bond donors (Lipinski definition) is 2. The van der Waals surface area contributed by atoms with Crippen LogP contribution in [0.2, 0.25) is 0 Å². The average Bonchev–Trinajstić information content (AvgIpc) is 3.00. The zero-order chi connectivity index (χ0) is 29.0. The second-order valence-corrected chi connectivity index (χ2v) is 8.32. The maximum atomic E-state index is 12.7. The summed E-state index contributed by atoms with van der Waals surface area (Å²) in [4.78, 5) is 49.7. The fraction of sp³-hybridized carbons (Fsp3) is 0.0645. The van der Waals surface area contributed by atoms with Gasteiger partial charge in [-0.1, -0.05) is 36.4 Å². The van der Waals surface area contributed by atoms with Gasteiger partial charge in [-0.15, -0.1) is 0 Å². The van der Waals surface area contributed by atoms with E-state index in [1.54, 1.807) is 84.9 Å². The van der Waals surface area contributed by atoms with E-state index in [1.807, 2.05) is 6.92 Å². The van der Waals surface area contributed by atoms with Crippen molar-refractivity contribution in [3.8, 4) is 17.2 Å². The molecule has 206 valence electrons. The van der Waals surface area contributed by atoms with Gasteiger partial charge in [0.15, 0.2) is 0 Å². The Kier molecular flexibility index (Phi) is 9.54. The predicted octanol–water partition coefficient (Wildman–Crippen LogP) is 4.61. The predicted molar refractivity (Wildman–Crippen MR) is 151 cm³/mol. The fourth-order valence-corrected chi connectivity index (χ4v) is 3.45. The van der Waals surface area contributed by atoms with Gasteiger partial charge in [-0.3, -0.25) is 9.59 Å². The lowest BCUT2D eigenvalue weighted by Crippen LogP contribution is -2.32. The number of nitrogens with zero attached hydrogens (tertiary/aromatic N) is 1. The van der Waals surface area contributed by atoms with Crippen molar-refractivity contribution >= 4 is 35.7 Å². The van der Waals surface area contributed by atoms with Gasteiger partial charge in [0, 0.05) is 17.3 Å². The van der Waals surface area contributed by atoms with Crippen LogP contribution in [0.1, 0.15) is 33.2 Å². The Morgan fingerprint density at radius 1 is 0.707 bits per heavy atom. The van der Waals surface area contributed by atoms with E-state index in [4.69, 9.17) is 14.2 Å². The van der Waals surface area contributed by atoms with Crippen LogP contribution >= 0.6 is 0 Å². The summed E-state index contributed by atoms with van der Waals surface area (Å²) in [6.45, 7) is 2.35. The Hall–Kier alpha value is -5.77. The Balaban J connectivity index is 1.46. The van der Waals surface area contributed by atoms with Crippen molar-refractivity contribution in [2.45, 2.75) is 6.92 Å². The lowest BCUT2D eigenvalue weighted by Gasteiger charge is -2.10. The SMILES string of the molecule is CCOc1ccc(NC(=O)C(=O)NN=Cc2ccc(OC(=O)c3ccccc3)cc2OC(=O)c2ccccc2)cc1. The minimum Gasteiger partial charge on any atom is -0.494 e. The molecule has 2 N–H and O–H groups in total. The van der Waals surface area contributed by atoms with Gasteiger partial charge >= 0.3 is 23.8 Å². The minimum atomic E-state index is -1.02. The first kappa shape index (κ1) is 28.2. The number of hydrogen-bond acceptors (Lipinski definition) is 8. The Morgan fingerprint density at radius 3 is 1.90 bits per heavy atom. The quantitative estimate of drug-likeness (QED) is 0.102. The largest absolute Gasteiger partial charge is 0.494 e. The van der Waals surface area contributed by atoms with Gasteiger partial charge in [0.1, 0.15) is 17.2 Å². The highest BCUT2D eigenvalue weighted by Gasteiger charge is 2.16. The molecule has 0 aliphatic rings. The van der Waals surface area contributed by atoms with Gasteiger partial charge in [-0.25, -0.2) is 15.0 Å². The van der Waals surface area contributed by atoms with Gasteiger partial charge in [0.25, 0.3) is 0 Å². The van der Waals surface area contributed by atoms with Gasteiger partial charge in [-0.2, -0.15) is 5.10 Å². The number of ether oxygens (including phenoxy) is 3. The highest BCUT2D eigenvalue weighted by atomic mass is 16.5. The van der Waals surface area contributed by atoms with Crippen molar-refractivity contribution in [1.29, 1.82) is 0 Å². The van der Waals surface area contributed by atoms with E-state index in [1.165, 1.54) is 24.4 Å². The summed E-state index contributed by atoms with van der Waals surface area (Å²) < 4.78 is 16.3. The molecule has 0 bridgehead atoms. The van der Waals surface area contributed by atoms with E-state index in [9.17, 15) is 19.2 Å². The van der Waals surface area contributed by atoms with Crippen LogP contribution in [0.25, 0.3) is 0 Å². The Bertz CT molecular complexity index is 1550. The molecule has 4 aromatic carbocycles. The molecule has 0 aliphatic carbocycles. The van der Waals surface area contributed by atoms with Crippen LogP contribution in [0.15, 0.2) is 108 Å². The minimum absolute atomic E-state index is 0.00838. The lowest BCUT2D eigenvalue weighted by molar-refractivity contribution is -0.136. The molecule has 0 aromatic heterocycles. The number of esters is 2. The highest BCUT2D eigenvalue weighted by molar-refractivity contribution is 6.39. The summed E-state index contributed by atoms with van der Waals surface area (Å²) in [5, 5.41) is 6.27. The number of rotatable bonds is 9. The molecule has 0 saturated carbocycles. The summed E-state index contributed by atoms with van der Waals surface area (Å²) in [6, 6.07) is 27.5. The molecule has 4 rings (SSSR count). The molecule has 2 amide bonds. The van der Waals surface area contributed by atoms with Crippen LogP contribution in [0, 0.1) is 0 Å². The third-order valence-electron chi connectivity index (χ3n) is 5.42. The third-order valence-corrected chi connectivity index (χ3v) is 5.42. The van der Waals surface area contributed by atoms with Crippen molar-refractivity contribution < 1.29 is 33.4 Å². The van der Waals surface area contributed by atoms with Crippen LogP contribution in [-0.2, 0) is 9.59 Å². The second kappa shape index (κ2) is 13.9. The first-order chi connectivity index (χ1) is 19.9. The van der Waals surface area contributed by atoms with E-state index in [0.717, 1.165) is 0 Å². The summed E-state index contributed by atoms with van der Waals surface area (Å²) in [6.07, 6.45) is 1.19. The molecule has 0 fully saturated rings. The zero-order valence-electron chi connectivity index (χ0n) is 21.9. The van der Waals surface area contributed by atoms with Crippen molar-refractivity contribution in [3.05, 3.63) is 120 Å². The first-order valence-corrected chi connectivity index (χ1v) is 12.5. The van der Waals surface area contributed by atoms with Gasteiger partial charge in [-0.05, 0) is 67.6 Å². The molecule has 0 unspecified atom stereocenters. The number of nitrogens with one attached hydrogen (secondary N) is 2. The zero-order valence-corrected chi connectivity index (χ0v) is 21.9. The van der Waals surface area contributed by atoms with Crippen molar-refractivity contribution in [1.82, 2.24) is 5.43 Å². The van der Waals surface area contributed by atoms with Crippen LogP contribution in [0.4, 0.5) is 5.69 Å². The number of amides is 2. The first-order valence-electron chi connectivity index (χ1n) is 12.5. The summed E-state index contributed by atoms with van der Waals surface area (Å²) >= 11 is 0. The molecule has 0 heterocycles. The molecule has 0 spiro atoms. The maximum Gasteiger partial charge on any atom is 0.343 e. The van der Waals surface area contributed by atoms with E-state index in [2.05, 4.69) is 15.8 Å². The maximum absolute atomic E-state index is 12.7. The van der Waals surface area contributed by atoms with Crippen molar-refractivity contribution in [2.24, 2.45) is 5.10 Å². The second-order valence-electron chi connectivity index (χ2n) is 8.32. The normalized spacial score (nSPS) is 10.5. The molecule has 4 aromatic rings. The fourth-order valence-electron chi connectivity index (χ4n) is 3.45. The molecule has 0 atom stereocenters. The monoisotopic (exact) mass is 551 g/mol. The number of carbonyl (C=O) groups is 4. The van der Waals surface area contributed by atoms with Crippen LogP contribution in [0.3, 0.4) is 0 Å². The van der Waals surface area contributed by atoms with E-state index >= 15 is 0 Å². The number of anilines is 1. The van der Waals surface area contributed by atoms with Gasteiger partial charge < -0.3 is 19.5 Å². The molecule has 0 aliphatic heterocycles. The molecule has 10 nitrogen and oxygen atoms in total. The third kappa shape index (κ3) is 8.11. The summed E-state index contributed by atoms with van der Waals surface area (Å²) in [5.41, 5.74) is 3.43. The van der Waals surface area contributed by atoms with E-state index < -0.39 is 23.8 Å². The smallest absolute Gasteiger partial charge is 0.343 e. The average molecular weight is 552 g/mol.